The fourth-order valence-electron chi connectivity index (χ4n) is 2.97. The lowest BCUT2D eigenvalue weighted by atomic mass is 9.87. The summed E-state index contributed by atoms with van der Waals surface area (Å²) in [5, 5.41) is 0. The Morgan fingerprint density at radius 2 is 1.91 bits per heavy atom. The number of ketones is 1. The van der Waals surface area contributed by atoms with Crippen molar-refractivity contribution in [3.05, 3.63) is 24.3 Å². The summed E-state index contributed by atoms with van der Waals surface area (Å²) < 4.78 is 4.62. The summed E-state index contributed by atoms with van der Waals surface area (Å²) in [5.41, 5.74) is 0. The van der Waals surface area contributed by atoms with Crippen LogP contribution in [0, 0.1) is 11.8 Å². The summed E-state index contributed by atoms with van der Waals surface area (Å²) in [6, 6.07) is 0. The summed E-state index contributed by atoms with van der Waals surface area (Å²) in [7, 11) is 1.44. The van der Waals surface area contributed by atoms with Crippen LogP contribution in [0.15, 0.2) is 24.3 Å². The Bertz CT molecular complexity index is 395. The maximum Gasteiger partial charge on any atom is 0.305 e. The second-order valence-corrected chi connectivity index (χ2v) is 6.03. The summed E-state index contributed by atoms with van der Waals surface area (Å²) in [4.78, 5) is 22.9. The highest BCUT2D eigenvalue weighted by Gasteiger charge is 2.28. The molecular weight excluding hydrogens is 276 g/mol. The molecule has 0 fully saturated rings. The van der Waals surface area contributed by atoms with Gasteiger partial charge in [0.25, 0.3) is 0 Å². The Balaban J connectivity index is 2.12. The van der Waals surface area contributed by atoms with Gasteiger partial charge < -0.3 is 4.74 Å². The van der Waals surface area contributed by atoms with Crippen LogP contribution < -0.4 is 0 Å². The molecule has 0 aliphatic heterocycles. The zero-order valence-electron chi connectivity index (χ0n) is 14.1. The van der Waals surface area contributed by atoms with Crippen LogP contribution >= 0.6 is 0 Å². The molecule has 0 radical (unpaired) electrons. The molecule has 3 nitrogen and oxygen atoms in total. The number of rotatable bonds is 11. The summed E-state index contributed by atoms with van der Waals surface area (Å²) >= 11 is 0. The topological polar surface area (TPSA) is 43.4 Å². The van der Waals surface area contributed by atoms with Crippen molar-refractivity contribution >= 4 is 11.8 Å². The third-order valence-electron chi connectivity index (χ3n) is 4.33. The van der Waals surface area contributed by atoms with Gasteiger partial charge >= 0.3 is 5.97 Å². The van der Waals surface area contributed by atoms with E-state index in [-0.39, 0.29) is 11.9 Å². The Morgan fingerprint density at radius 3 is 2.64 bits per heavy atom. The van der Waals surface area contributed by atoms with Gasteiger partial charge in [-0.2, -0.15) is 0 Å². The standard InChI is InChI=1S/C19H30O3/c1-3-4-8-12-17-16(14-15-18(17)20)11-9-6-5-7-10-13-19(21)22-2/h4,8,14-17H,3,5-7,9-13H2,1-2H3/b8-4-. The van der Waals surface area contributed by atoms with E-state index in [1.165, 1.54) is 13.5 Å². The zero-order valence-corrected chi connectivity index (χ0v) is 14.1. The molecule has 1 rings (SSSR count). The van der Waals surface area contributed by atoms with Crippen molar-refractivity contribution in [3.8, 4) is 0 Å². The van der Waals surface area contributed by atoms with Crippen molar-refractivity contribution in [1.82, 2.24) is 0 Å². The maximum atomic E-state index is 11.9. The first kappa shape index (κ1) is 18.7. The molecule has 124 valence electrons. The Labute approximate surface area is 134 Å². The largest absolute Gasteiger partial charge is 0.469 e. The predicted octanol–water partition coefficient (Wildman–Crippen LogP) is 4.62. The lowest BCUT2D eigenvalue weighted by Gasteiger charge is -2.16. The molecule has 0 aromatic carbocycles. The first-order chi connectivity index (χ1) is 10.7. The van der Waals surface area contributed by atoms with Crippen LogP contribution in [0.2, 0.25) is 0 Å². The van der Waals surface area contributed by atoms with Crippen molar-refractivity contribution < 1.29 is 14.3 Å². The van der Waals surface area contributed by atoms with Gasteiger partial charge in [0.2, 0.25) is 0 Å². The van der Waals surface area contributed by atoms with Crippen LogP contribution in [0.25, 0.3) is 0 Å². The lowest BCUT2D eigenvalue weighted by molar-refractivity contribution is -0.140. The minimum Gasteiger partial charge on any atom is -0.469 e. The maximum absolute atomic E-state index is 11.9. The summed E-state index contributed by atoms with van der Waals surface area (Å²) in [5.74, 6) is 0.771. The molecule has 2 unspecified atom stereocenters. The van der Waals surface area contributed by atoms with E-state index in [4.69, 9.17) is 0 Å². The highest BCUT2D eigenvalue weighted by Crippen LogP contribution is 2.30. The average Bonchev–Trinajstić information content (AvgIpc) is 2.87. The zero-order chi connectivity index (χ0) is 16.2. The van der Waals surface area contributed by atoms with Crippen LogP contribution in [0.3, 0.4) is 0 Å². The fraction of sp³-hybridized carbons (Fsp3) is 0.684. The van der Waals surface area contributed by atoms with Gasteiger partial charge in [0.05, 0.1) is 7.11 Å². The number of ether oxygens (including phenoxy) is 1. The third kappa shape index (κ3) is 7.06. The van der Waals surface area contributed by atoms with Crippen molar-refractivity contribution in [2.24, 2.45) is 11.8 Å². The normalized spacial score (nSPS) is 20.9. The molecule has 0 saturated carbocycles. The van der Waals surface area contributed by atoms with Gasteiger partial charge in [-0.3, -0.25) is 9.59 Å². The monoisotopic (exact) mass is 306 g/mol. The number of carbonyl (C=O) groups excluding carboxylic acids is 2. The van der Waals surface area contributed by atoms with Crippen LogP contribution in [0.1, 0.15) is 64.7 Å². The van der Waals surface area contributed by atoms with E-state index in [2.05, 4.69) is 29.9 Å². The van der Waals surface area contributed by atoms with E-state index in [1.807, 2.05) is 0 Å². The molecule has 3 heteroatoms. The molecule has 0 N–H and O–H groups in total. The average molecular weight is 306 g/mol. The van der Waals surface area contributed by atoms with E-state index in [0.29, 0.717) is 18.1 Å². The van der Waals surface area contributed by atoms with Crippen molar-refractivity contribution in [2.75, 3.05) is 7.11 Å². The van der Waals surface area contributed by atoms with E-state index in [9.17, 15) is 9.59 Å². The van der Waals surface area contributed by atoms with E-state index in [0.717, 1.165) is 44.9 Å². The van der Waals surface area contributed by atoms with Gasteiger partial charge in [-0.25, -0.2) is 0 Å². The SMILES string of the molecule is CC/C=C\CC1C(=O)C=CC1CCCCCCCC(=O)OC. The number of carbonyl (C=O) groups is 2. The highest BCUT2D eigenvalue weighted by molar-refractivity contribution is 5.94. The molecule has 0 bridgehead atoms. The van der Waals surface area contributed by atoms with Gasteiger partial charge in [0.1, 0.15) is 0 Å². The van der Waals surface area contributed by atoms with Gasteiger partial charge in [0, 0.05) is 12.3 Å². The Hall–Kier alpha value is -1.38. The molecule has 0 aromatic rings. The van der Waals surface area contributed by atoms with Crippen LogP contribution in [-0.4, -0.2) is 18.9 Å². The second kappa shape index (κ2) is 11.2. The number of hydrogen-bond donors (Lipinski definition) is 0. The summed E-state index contributed by atoms with van der Waals surface area (Å²) in [6.07, 6.45) is 17.2. The second-order valence-electron chi connectivity index (χ2n) is 6.03. The minimum atomic E-state index is -0.113. The quantitative estimate of drug-likeness (QED) is 0.318. The number of methoxy groups -OCH3 is 1. The van der Waals surface area contributed by atoms with E-state index in [1.54, 1.807) is 6.08 Å². The third-order valence-corrected chi connectivity index (χ3v) is 4.33. The number of hydrogen-bond acceptors (Lipinski definition) is 3. The summed E-state index contributed by atoms with van der Waals surface area (Å²) in [6.45, 7) is 2.11. The molecule has 0 spiro atoms. The molecule has 22 heavy (non-hydrogen) atoms. The first-order valence-corrected chi connectivity index (χ1v) is 8.62. The first-order valence-electron chi connectivity index (χ1n) is 8.62. The van der Waals surface area contributed by atoms with Crippen molar-refractivity contribution in [1.29, 1.82) is 0 Å². The number of unbranched alkanes of at least 4 members (excludes halogenated alkanes) is 4. The molecule has 1 aliphatic rings. The van der Waals surface area contributed by atoms with Crippen LogP contribution in [-0.2, 0) is 14.3 Å². The van der Waals surface area contributed by atoms with Gasteiger partial charge in [-0.15, -0.1) is 0 Å². The molecule has 0 aromatic heterocycles. The number of allylic oxidation sites excluding steroid dienone is 4. The number of esters is 1. The molecule has 1 aliphatic carbocycles. The van der Waals surface area contributed by atoms with Crippen molar-refractivity contribution in [3.63, 3.8) is 0 Å². The lowest BCUT2D eigenvalue weighted by Crippen LogP contribution is -2.15. The van der Waals surface area contributed by atoms with Gasteiger partial charge in [-0.05, 0) is 37.7 Å². The Morgan fingerprint density at radius 1 is 1.18 bits per heavy atom. The predicted molar refractivity (Wildman–Crippen MR) is 89.5 cm³/mol. The minimum absolute atomic E-state index is 0.113. The van der Waals surface area contributed by atoms with Gasteiger partial charge in [-0.1, -0.05) is 50.8 Å². The van der Waals surface area contributed by atoms with E-state index < -0.39 is 0 Å². The van der Waals surface area contributed by atoms with Gasteiger partial charge in [0.15, 0.2) is 5.78 Å². The molecule has 2 atom stereocenters. The Kier molecular flexibility index (Phi) is 9.52. The van der Waals surface area contributed by atoms with Crippen LogP contribution in [0.4, 0.5) is 0 Å². The molecule has 0 heterocycles. The highest BCUT2D eigenvalue weighted by atomic mass is 16.5. The molecular formula is C19H30O3. The fourth-order valence-corrected chi connectivity index (χ4v) is 2.97. The smallest absolute Gasteiger partial charge is 0.305 e. The van der Waals surface area contributed by atoms with E-state index >= 15 is 0 Å². The van der Waals surface area contributed by atoms with Crippen LogP contribution in [0.5, 0.6) is 0 Å². The van der Waals surface area contributed by atoms with Crippen molar-refractivity contribution in [2.45, 2.75) is 64.7 Å². The molecule has 0 saturated heterocycles. The molecule has 0 amide bonds.